The minimum absolute atomic E-state index is 0.0225. The van der Waals surface area contributed by atoms with Crippen molar-refractivity contribution in [3.8, 4) is 0 Å². The van der Waals surface area contributed by atoms with E-state index in [-0.39, 0.29) is 12.5 Å². The molecule has 0 amide bonds. The van der Waals surface area contributed by atoms with Gasteiger partial charge in [0.25, 0.3) is 0 Å². The largest absolute Gasteiger partial charge is 0.396 e. The van der Waals surface area contributed by atoms with Crippen LogP contribution in [0.5, 0.6) is 0 Å². The van der Waals surface area contributed by atoms with Crippen molar-refractivity contribution < 1.29 is 5.11 Å². The van der Waals surface area contributed by atoms with E-state index in [9.17, 15) is 5.11 Å². The molecular weight excluding hydrogens is 304 g/mol. The standard InChI is InChI=1S/C17H26N6O/c1-3-18-17(20-11-16-22-21-13-23(16)4-2)19-10-15(12-24)14-8-6-5-7-9-14/h5-9,13,15,24H,3-4,10-12H2,1-2H3,(H2,18,19,20). The Hall–Kier alpha value is -2.41. The number of hydrogen-bond acceptors (Lipinski definition) is 4. The Morgan fingerprint density at radius 1 is 1.25 bits per heavy atom. The minimum Gasteiger partial charge on any atom is -0.396 e. The molecule has 1 aromatic carbocycles. The molecule has 0 aliphatic rings. The topological polar surface area (TPSA) is 87.4 Å². The average Bonchev–Trinajstić information content (AvgIpc) is 3.08. The molecule has 130 valence electrons. The third-order valence-corrected chi connectivity index (χ3v) is 3.77. The van der Waals surface area contributed by atoms with Gasteiger partial charge >= 0.3 is 0 Å². The Labute approximate surface area is 142 Å². The van der Waals surface area contributed by atoms with Gasteiger partial charge < -0.3 is 20.3 Å². The van der Waals surface area contributed by atoms with Crippen LogP contribution in [0.15, 0.2) is 41.7 Å². The molecule has 24 heavy (non-hydrogen) atoms. The number of hydrogen-bond donors (Lipinski definition) is 3. The second-order valence-corrected chi connectivity index (χ2v) is 5.40. The summed E-state index contributed by atoms with van der Waals surface area (Å²) in [6, 6.07) is 9.98. The zero-order chi connectivity index (χ0) is 17.2. The van der Waals surface area contributed by atoms with Crippen LogP contribution in [0.3, 0.4) is 0 Å². The zero-order valence-corrected chi connectivity index (χ0v) is 14.3. The molecular formula is C17H26N6O. The second-order valence-electron chi connectivity index (χ2n) is 5.40. The van der Waals surface area contributed by atoms with E-state index in [1.54, 1.807) is 6.33 Å². The molecule has 0 aliphatic heterocycles. The van der Waals surface area contributed by atoms with Gasteiger partial charge in [0.1, 0.15) is 12.9 Å². The number of aliphatic hydroxyl groups excluding tert-OH is 1. The number of aryl methyl sites for hydroxylation is 1. The number of nitrogens with zero attached hydrogens (tertiary/aromatic N) is 4. The van der Waals surface area contributed by atoms with Crippen LogP contribution in [0.2, 0.25) is 0 Å². The van der Waals surface area contributed by atoms with Gasteiger partial charge in [0, 0.05) is 25.6 Å². The summed E-state index contributed by atoms with van der Waals surface area (Å²) in [5, 5.41) is 24.2. The van der Waals surface area contributed by atoms with Crippen LogP contribution in [0.1, 0.15) is 31.2 Å². The van der Waals surface area contributed by atoms with E-state index in [1.165, 1.54) is 0 Å². The average molecular weight is 330 g/mol. The molecule has 1 heterocycles. The fourth-order valence-electron chi connectivity index (χ4n) is 2.39. The molecule has 0 radical (unpaired) electrons. The van der Waals surface area contributed by atoms with Gasteiger partial charge in [-0.25, -0.2) is 4.99 Å². The van der Waals surface area contributed by atoms with Crippen LogP contribution in [-0.2, 0) is 13.1 Å². The van der Waals surface area contributed by atoms with Crippen molar-refractivity contribution in [3.05, 3.63) is 48.0 Å². The highest BCUT2D eigenvalue weighted by Gasteiger charge is 2.11. The zero-order valence-electron chi connectivity index (χ0n) is 14.3. The summed E-state index contributed by atoms with van der Waals surface area (Å²) in [5.41, 5.74) is 1.11. The maximum absolute atomic E-state index is 9.65. The van der Waals surface area contributed by atoms with Gasteiger partial charge in [-0.1, -0.05) is 30.3 Å². The fourth-order valence-corrected chi connectivity index (χ4v) is 2.39. The summed E-state index contributed by atoms with van der Waals surface area (Å²) in [4.78, 5) is 4.55. The molecule has 0 bridgehead atoms. The van der Waals surface area contributed by atoms with E-state index in [1.807, 2.05) is 48.7 Å². The highest BCUT2D eigenvalue weighted by Crippen LogP contribution is 2.13. The maximum Gasteiger partial charge on any atom is 0.191 e. The Morgan fingerprint density at radius 3 is 2.71 bits per heavy atom. The molecule has 2 aromatic rings. The van der Waals surface area contributed by atoms with Crippen molar-refractivity contribution >= 4 is 5.96 Å². The Bertz CT molecular complexity index is 625. The normalized spacial score (nSPS) is 12.9. The second kappa shape index (κ2) is 9.67. The molecule has 1 atom stereocenters. The van der Waals surface area contributed by atoms with E-state index < -0.39 is 0 Å². The quantitative estimate of drug-likeness (QED) is 0.499. The molecule has 2 rings (SSSR count). The lowest BCUT2D eigenvalue weighted by molar-refractivity contribution is 0.265. The van der Waals surface area contributed by atoms with Crippen molar-refractivity contribution in [3.63, 3.8) is 0 Å². The van der Waals surface area contributed by atoms with E-state index >= 15 is 0 Å². The van der Waals surface area contributed by atoms with E-state index in [0.29, 0.717) is 19.0 Å². The first kappa shape index (κ1) is 17.9. The Kier molecular flexibility index (Phi) is 7.22. The van der Waals surface area contributed by atoms with Crippen LogP contribution in [-0.4, -0.2) is 45.5 Å². The fraction of sp³-hybridized carbons (Fsp3) is 0.471. The number of aromatic nitrogens is 3. The van der Waals surface area contributed by atoms with Crippen molar-refractivity contribution in [1.29, 1.82) is 0 Å². The molecule has 7 heteroatoms. The van der Waals surface area contributed by atoms with Crippen molar-refractivity contribution in [2.75, 3.05) is 19.7 Å². The first-order chi connectivity index (χ1) is 11.8. The van der Waals surface area contributed by atoms with Gasteiger partial charge in [0.15, 0.2) is 11.8 Å². The molecule has 0 saturated carbocycles. The number of guanidine groups is 1. The third kappa shape index (κ3) is 5.06. The van der Waals surface area contributed by atoms with Crippen LogP contribution in [0.25, 0.3) is 0 Å². The molecule has 3 N–H and O–H groups in total. The van der Waals surface area contributed by atoms with Crippen LogP contribution >= 0.6 is 0 Å². The van der Waals surface area contributed by atoms with Crippen molar-refractivity contribution in [1.82, 2.24) is 25.4 Å². The Morgan fingerprint density at radius 2 is 2.04 bits per heavy atom. The Balaban J connectivity index is 1.98. The number of rotatable bonds is 8. The molecule has 0 fully saturated rings. The van der Waals surface area contributed by atoms with E-state index in [0.717, 1.165) is 24.5 Å². The monoisotopic (exact) mass is 330 g/mol. The van der Waals surface area contributed by atoms with E-state index in [2.05, 4.69) is 25.8 Å². The lowest BCUT2D eigenvalue weighted by Gasteiger charge is -2.18. The van der Waals surface area contributed by atoms with Gasteiger partial charge in [-0.2, -0.15) is 0 Å². The predicted molar refractivity (Wildman–Crippen MR) is 94.8 cm³/mol. The summed E-state index contributed by atoms with van der Waals surface area (Å²) >= 11 is 0. The summed E-state index contributed by atoms with van der Waals surface area (Å²) < 4.78 is 1.97. The first-order valence-electron chi connectivity index (χ1n) is 8.33. The van der Waals surface area contributed by atoms with Crippen LogP contribution in [0.4, 0.5) is 0 Å². The third-order valence-electron chi connectivity index (χ3n) is 3.77. The number of aliphatic imine (C=N–C) groups is 1. The predicted octanol–water partition coefficient (Wildman–Crippen LogP) is 1.13. The van der Waals surface area contributed by atoms with Gasteiger partial charge in [-0.3, -0.25) is 0 Å². The van der Waals surface area contributed by atoms with Crippen LogP contribution < -0.4 is 10.6 Å². The molecule has 1 unspecified atom stereocenters. The highest BCUT2D eigenvalue weighted by atomic mass is 16.3. The molecule has 0 aliphatic carbocycles. The molecule has 1 aromatic heterocycles. The van der Waals surface area contributed by atoms with Gasteiger partial charge in [0.2, 0.25) is 0 Å². The molecule has 0 spiro atoms. The molecule has 7 nitrogen and oxygen atoms in total. The van der Waals surface area contributed by atoms with Crippen LogP contribution in [0, 0.1) is 0 Å². The van der Waals surface area contributed by atoms with Gasteiger partial charge in [-0.05, 0) is 19.4 Å². The summed E-state index contributed by atoms with van der Waals surface area (Å²) in [6.45, 7) is 6.80. The van der Waals surface area contributed by atoms with Gasteiger partial charge in [0.05, 0.1) is 6.61 Å². The number of benzene rings is 1. The van der Waals surface area contributed by atoms with Crippen molar-refractivity contribution in [2.45, 2.75) is 32.9 Å². The van der Waals surface area contributed by atoms with Gasteiger partial charge in [-0.15, -0.1) is 10.2 Å². The smallest absolute Gasteiger partial charge is 0.191 e. The number of aliphatic hydroxyl groups is 1. The molecule has 0 saturated heterocycles. The van der Waals surface area contributed by atoms with E-state index in [4.69, 9.17) is 0 Å². The SMILES string of the molecule is CCNC(=NCc1nncn1CC)NCC(CO)c1ccccc1. The highest BCUT2D eigenvalue weighted by molar-refractivity contribution is 5.79. The summed E-state index contributed by atoms with van der Waals surface area (Å²) in [6.07, 6.45) is 1.71. The summed E-state index contributed by atoms with van der Waals surface area (Å²) in [5.74, 6) is 1.56. The van der Waals surface area contributed by atoms with Crippen molar-refractivity contribution in [2.24, 2.45) is 4.99 Å². The summed E-state index contributed by atoms with van der Waals surface area (Å²) in [7, 11) is 0. The lowest BCUT2D eigenvalue weighted by Crippen LogP contribution is -2.40. The lowest BCUT2D eigenvalue weighted by atomic mass is 10.0. The maximum atomic E-state index is 9.65. The number of nitrogens with one attached hydrogen (secondary N) is 2. The minimum atomic E-state index is 0.0225. The first-order valence-corrected chi connectivity index (χ1v) is 8.33.